The van der Waals surface area contributed by atoms with E-state index in [0.717, 1.165) is 19.4 Å². The zero-order valence-corrected chi connectivity index (χ0v) is 9.87. The molecule has 0 aromatic carbocycles. The van der Waals surface area contributed by atoms with Crippen LogP contribution in [-0.4, -0.2) is 41.9 Å². The van der Waals surface area contributed by atoms with Crippen LogP contribution in [0.3, 0.4) is 0 Å². The van der Waals surface area contributed by atoms with Crippen LogP contribution in [0, 0.1) is 0 Å². The molecule has 2 rings (SSSR count). The van der Waals surface area contributed by atoms with E-state index in [1.54, 1.807) is 11.9 Å². The van der Waals surface area contributed by atoms with Crippen molar-refractivity contribution in [3.05, 3.63) is 0 Å². The summed E-state index contributed by atoms with van der Waals surface area (Å²) in [5.41, 5.74) is -0.274. The summed E-state index contributed by atoms with van der Waals surface area (Å²) in [4.78, 5) is 13.4. The van der Waals surface area contributed by atoms with E-state index in [2.05, 4.69) is 0 Å². The number of epoxide rings is 1. The summed E-state index contributed by atoms with van der Waals surface area (Å²) in [6.45, 7) is 6.51. The molecule has 1 amide bonds. The fourth-order valence-electron chi connectivity index (χ4n) is 1.89. The molecule has 4 nitrogen and oxygen atoms in total. The molecule has 4 heteroatoms. The van der Waals surface area contributed by atoms with Gasteiger partial charge in [-0.2, -0.15) is 0 Å². The summed E-state index contributed by atoms with van der Waals surface area (Å²) in [6.07, 6.45) is 1.69. The van der Waals surface area contributed by atoms with Crippen LogP contribution in [0.1, 0.15) is 33.6 Å². The van der Waals surface area contributed by atoms with Crippen molar-refractivity contribution in [2.45, 2.75) is 50.9 Å². The summed E-state index contributed by atoms with van der Waals surface area (Å²) in [7, 11) is 1.80. The van der Waals surface area contributed by atoms with E-state index in [1.165, 1.54) is 0 Å². The minimum Gasteiger partial charge on any atom is -0.444 e. The maximum atomic E-state index is 11.7. The van der Waals surface area contributed by atoms with Gasteiger partial charge in [0, 0.05) is 13.1 Å². The van der Waals surface area contributed by atoms with Crippen LogP contribution >= 0.6 is 0 Å². The lowest BCUT2D eigenvalue weighted by Gasteiger charge is -2.39. The third kappa shape index (κ3) is 2.25. The highest BCUT2D eigenvalue weighted by Gasteiger charge is 2.57. The van der Waals surface area contributed by atoms with Gasteiger partial charge in [0.25, 0.3) is 0 Å². The summed E-state index contributed by atoms with van der Waals surface area (Å²) >= 11 is 0. The highest BCUT2D eigenvalue weighted by Crippen LogP contribution is 2.48. The van der Waals surface area contributed by atoms with Gasteiger partial charge in [0.05, 0.1) is 12.2 Å². The Balaban J connectivity index is 1.80. The highest BCUT2D eigenvalue weighted by atomic mass is 16.6. The van der Waals surface area contributed by atoms with Gasteiger partial charge in [-0.15, -0.1) is 0 Å². The van der Waals surface area contributed by atoms with Crippen LogP contribution in [0.5, 0.6) is 0 Å². The fourth-order valence-corrected chi connectivity index (χ4v) is 1.89. The lowest BCUT2D eigenvalue weighted by atomic mass is 9.80. The Morgan fingerprint density at radius 2 is 2.00 bits per heavy atom. The maximum Gasteiger partial charge on any atom is 0.410 e. The molecule has 0 unspecified atom stereocenters. The molecule has 0 aromatic heterocycles. The Kier molecular flexibility index (Phi) is 2.23. The molecule has 2 aliphatic rings. The molecule has 1 aliphatic heterocycles. The molecule has 1 aliphatic carbocycles. The van der Waals surface area contributed by atoms with Crippen molar-refractivity contribution < 1.29 is 14.3 Å². The predicted octanol–water partition coefficient (Wildman–Crippen LogP) is 1.78. The normalized spacial score (nSPS) is 33.5. The smallest absolute Gasteiger partial charge is 0.410 e. The van der Waals surface area contributed by atoms with Gasteiger partial charge < -0.3 is 14.4 Å². The third-order valence-electron chi connectivity index (χ3n) is 3.00. The average Bonchev–Trinajstić information content (AvgIpc) is 2.75. The number of carbonyl (C=O) groups is 1. The molecular weight excluding hydrogens is 194 g/mol. The molecule has 0 bridgehead atoms. The molecule has 1 spiro atoms. The van der Waals surface area contributed by atoms with E-state index in [1.807, 2.05) is 20.8 Å². The van der Waals surface area contributed by atoms with Crippen LogP contribution in [0.25, 0.3) is 0 Å². The van der Waals surface area contributed by atoms with Crippen molar-refractivity contribution in [2.75, 3.05) is 13.7 Å². The molecule has 0 aromatic rings. The van der Waals surface area contributed by atoms with Gasteiger partial charge in [0.1, 0.15) is 5.60 Å². The molecule has 1 saturated carbocycles. The average molecular weight is 213 g/mol. The van der Waals surface area contributed by atoms with E-state index in [-0.39, 0.29) is 11.7 Å². The van der Waals surface area contributed by atoms with Crippen molar-refractivity contribution in [2.24, 2.45) is 0 Å². The minimum atomic E-state index is -0.414. The van der Waals surface area contributed by atoms with Crippen LogP contribution in [0.2, 0.25) is 0 Å². The first-order valence-electron chi connectivity index (χ1n) is 5.41. The number of hydrogen-bond acceptors (Lipinski definition) is 3. The summed E-state index contributed by atoms with van der Waals surface area (Å²) in [6, 6.07) is 0.294. The standard InChI is InChI=1S/C11H19NO3/c1-10(2,3)15-9(13)12(4)8-5-11(6-8)7-14-11/h8H,5-7H2,1-4H3. The van der Waals surface area contributed by atoms with Crippen molar-refractivity contribution in [1.29, 1.82) is 0 Å². The first-order valence-corrected chi connectivity index (χ1v) is 5.41. The maximum absolute atomic E-state index is 11.7. The lowest BCUT2D eigenvalue weighted by molar-refractivity contribution is 0.00159. The molecular formula is C11H19NO3. The number of hydrogen-bond donors (Lipinski definition) is 0. The lowest BCUT2D eigenvalue weighted by Crippen LogP contribution is -2.50. The van der Waals surface area contributed by atoms with Gasteiger partial charge in [-0.25, -0.2) is 4.79 Å². The topological polar surface area (TPSA) is 42.1 Å². The molecule has 15 heavy (non-hydrogen) atoms. The number of amides is 1. The summed E-state index contributed by atoms with van der Waals surface area (Å²) < 4.78 is 10.6. The largest absolute Gasteiger partial charge is 0.444 e. The SMILES string of the molecule is CN(C(=O)OC(C)(C)C)C1CC2(CO2)C1. The second-order valence-corrected chi connectivity index (χ2v) is 5.63. The van der Waals surface area contributed by atoms with E-state index in [0.29, 0.717) is 6.04 Å². The van der Waals surface area contributed by atoms with E-state index >= 15 is 0 Å². The Bertz CT molecular complexity index is 270. The number of ether oxygens (including phenoxy) is 2. The van der Waals surface area contributed by atoms with Crippen molar-refractivity contribution in [3.63, 3.8) is 0 Å². The number of rotatable bonds is 1. The van der Waals surface area contributed by atoms with Gasteiger partial charge in [-0.05, 0) is 33.6 Å². The highest BCUT2D eigenvalue weighted by molar-refractivity contribution is 5.68. The third-order valence-corrected chi connectivity index (χ3v) is 3.00. The second kappa shape index (κ2) is 3.11. The molecule has 0 atom stereocenters. The van der Waals surface area contributed by atoms with Crippen LogP contribution in [-0.2, 0) is 9.47 Å². The van der Waals surface area contributed by atoms with Crippen molar-refractivity contribution >= 4 is 6.09 Å². The predicted molar refractivity (Wildman–Crippen MR) is 55.7 cm³/mol. The van der Waals surface area contributed by atoms with Crippen LogP contribution in [0.4, 0.5) is 4.79 Å². The monoisotopic (exact) mass is 213 g/mol. The Morgan fingerprint density at radius 1 is 1.47 bits per heavy atom. The van der Waals surface area contributed by atoms with Gasteiger partial charge in [0.15, 0.2) is 0 Å². The van der Waals surface area contributed by atoms with Gasteiger partial charge in [0.2, 0.25) is 0 Å². The zero-order chi connectivity index (χ0) is 11.3. The molecule has 2 fully saturated rings. The van der Waals surface area contributed by atoms with E-state index in [4.69, 9.17) is 9.47 Å². The first-order chi connectivity index (χ1) is 6.81. The molecule has 0 N–H and O–H groups in total. The quantitative estimate of drug-likeness (QED) is 0.623. The molecule has 1 heterocycles. The van der Waals surface area contributed by atoms with Crippen molar-refractivity contribution in [3.8, 4) is 0 Å². The van der Waals surface area contributed by atoms with Crippen molar-refractivity contribution in [1.82, 2.24) is 4.90 Å². The van der Waals surface area contributed by atoms with Gasteiger partial charge >= 0.3 is 6.09 Å². The molecule has 0 radical (unpaired) electrons. The van der Waals surface area contributed by atoms with E-state index in [9.17, 15) is 4.79 Å². The Hall–Kier alpha value is -0.770. The number of carbonyl (C=O) groups excluding carboxylic acids is 1. The van der Waals surface area contributed by atoms with Crippen LogP contribution < -0.4 is 0 Å². The van der Waals surface area contributed by atoms with Crippen LogP contribution in [0.15, 0.2) is 0 Å². The Labute approximate surface area is 90.5 Å². The first kappa shape index (κ1) is 10.7. The summed E-state index contributed by atoms with van der Waals surface area (Å²) in [5.74, 6) is 0. The minimum absolute atomic E-state index is 0.140. The molecule has 1 saturated heterocycles. The number of nitrogens with zero attached hydrogens (tertiary/aromatic N) is 1. The zero-order valence-electron chi connectivity index (χ0n) is 9.87. The second-order valence-electron chi connectivity index (χ2n) is 5.63. The van der Waals surface area contributed by atoms with Gasteiger partial charge in [-0.3, -0.25) is 0 Å². The Morgan fingerprint density at radius 3 is 2.40 bits per heavy atom. The van der Waals surface area contributed by atoms with Gasteiger partial charge in [-0.1, -0.05) is 0 Å². The fraction of sp³-hybridized carbons (Fsp3) is 0.909. The summed E-state index contributed by atoms with van der Waals surface area (Å²) in [5, 5.41) is 0. The van der Waals surface area contributed by atoms with E-state index < -0.39 is 5.60 Å². The molecule has 86 valence electrons.